The van der Waals surface area contributed by atoms with E-state index >= 15 is 0 Å². The summed E-state index contributed by atoms with van der Waals surface area (Å²) < 4.78 is 1.02. The average molecular weight is 346 g/mol. The van der Waals surface area contributed by atoms with Gasteiger partial charge in [0.05, 0.1) is 3.79 Å². The van der Waals surface area contributed by atoms with Gasteiger partial charge in [-0.3, -0.25) is 9.59 Å². The number of carboxylic acid groups (broad SMARTS) is 1. The maximum absolute atomic E-state index is 11.5. The molecule has 0 aliphatic rings. The molecule has 0 aliphatic carbocycles. The van der Waals surface area contributed by atoms with E-state index in [1.807, 2.05) is 19.1 Å². The first-order valence-electron chi connectivity index (χ1n) is 5.90. The van der Waals surface area contributed by atoms with Crippen LogP contribution in [0.15, 0.2) is 22.0 Å². The van der Waals surface area contributed by atoms with Gasteiger partial charge in [0.15, 0.2) is 0 Å². The molecule has 104 valence electrons. The highest BCUT2D eigenvalue weighted by Gasteiger charge is 2.06. The van der Waals surface area contributed by atoms with Gasteiger partial charge >= 0.3 is 5.97 Å². The molecule has 19 heavy (non-hydrogen) atoms. The molecule has 1 aromatic heterocycles. The van der Waals surface area contributed by atoms with Crippen molar-refractivity contribution in [2.24, 2.45) is 5.92 Å². The van der Waals surface area contributed by atoms with Gasteiger partial charge in [0, 0.05) is 23.9 Å². The van der Waals surface area contributed by atoms with Crippen LogP contribution in [-0.2, 0) is 9.59 Å². The zero-order valence-corrected chi connectivity index (χ0v) is 13.0. The molecule has 1 aromatic rings. The Balaban J connectivity index is 2.27. The summed E-state index contributed by atoms with van der Waals surface area (Å²) in [7, 11) is 0. The molecule has 0 aliphatic heterocycles. The summed E-state index contributed by atoms with van der Waals surface area (Å²) in [4.78, 5) is 22.9. The fourth-order valence-electron chi connectivity index (χ4n) is 1.38. The van der Waals surface area contributed by atoms with E-state index in [2.05, 4.69) is 21.2 Å². The largest absolute Gasteiger partial charge is 0.481 e. The van der Waals surface area contributed by atoms with Crippen LogP contribution in [0.4, 0.5) is 0 Å². The molecule has 0 aromatic carbocycles. The first kappa shape index (κ1) is 15.9. The van der Waals surface area contributed by atoms with Crippen molar-refractivity contribution in [1.82, 2.24) is 5.32 Å². The van der Waals surface area contributed by atoms with Crippen LogP contribution in [0, 0.1) is 5.92 Å². The van der Waals surface area contributed by atoms with Crippen molar-refractivity contribution >= 4 is 45.2 Å². The Hall–Kier alpha value is -1.14. The lowest BCUT2D eigenvalue weighted by molar-refractivity contribution is -0.137. The molecule has 0 bridgehead atoms. The molecule has 1 unspecified atom stereocenters. The SMILES string of the molecule is CC(CCC(=O)O)CNC(=O)/C=C/c1ccc(Br)s1. The van der Waals surface area contributed by atoms with Crippen LogP contribution in [-0.4, -0.2) is 23.5 Å². The third-order valence-corrected chi connectivity index (χ3v) is 4.06. The predicted molar refractivity (Wildman–Crippen MR) is 80.1 cm³/mol. The topological polar surface area (TPSA) is 66.4 Å². The molecule has 0 spiro atoms. The Morgan fingerprint density at radius 3 is 2.84 bits per heavy atom. The maximum atomic E-state index is 11.5. The van der Waals surface area contributed by atoms with Crippen molar-refractivity contribution in [3.05, 3.63) is 26.9 Å². The molecule has 0 saturated heterocycles. The summed E-state index contributed by atoms with van der Waals surface area (Å²) in [6.07, 6.45) is 3.95. The Morgan fingerprint density at radius 2 is 2.26 bits per heavy atom. The number of carbonyl (C=O) groups excluding carboxylic acids is 1. The number of amides is 1. The lowest BCUT2D eigenvalue weighted by atomic mass is 10.1. The fourth-order valence-corrected chi connectivity index (χ4v) is 2.71. The summed E-state index contributed by atoms with van der Waals surface area (Å²) in [5, 5.41) is 11.3. The first-order valence-corrected chi connectivity index (χ1v) is 7.51. The number of thiophene rings is 1. The van der Waals surface area contributed by atoms with Crippen LogP contribution in [0.5, 0.6) is 0 Å². The van der Waals surface area contributed by atoms with Gasteiger partial charge in [-0.05, 0) is 46.5 Å². The van der Waals surface area contributed by atoms with E-state index in [9.17, 15) is 9.59 Å². The summed E-state index contributed by atoms with van der Waals surface area (Å²) in [5.41, 5.74) is 0. The van der Waals surface area contributed by atoms with Crippen LogP contribution in [0.1, 0.15) is 24.6 Å². The van der Waals surface area contributed by atoms with Gasteiger partial charge in [-0.1, -0.05) is 6.92 Å². The molecule has 1 atom stereocenters. The van der Waals surface area contributed by atoms with Gasteiger partial charge in [-0.15, -0.1) is 11.3 Å². The number of carbonyl (C=O) groups is 2. The maximum Gasteiger partial charge on any atom is 0.303 e. The van der Waals surface area contributed by atoms with E-state index in [0.29, 0.717) is 13.0 Å². The second-order valence-electron chi connectivity index (χ2n) is 4.26. The number of nitrogens with one attached hydrogen (secondary N) is 1. The van der Waals surface area contributed by atoms with Gasteiger partial charge in [0.1, 0.15) is 0 Å². The Morgan fingerprint density at radius 1 is 1.53 bits per heavy atom. The Labute approximate surface area is 124 Å². The normalized spacial score (nSPS) is 12.5. The third-order valence-electron chi connectivity index (χ3n) is 2.47. The van der Waals surface area contributed by atoms with Crippen LogP contribution >= 0.6 is 27.3 Å². The lowest BCUT2D eigenvalue weighted by Crippen LogP contribution is -2.26. The second kappa shape index (κ2) is 8.12. The zero-order valence-electron chi connectivity index (χ0n) is 10.6. The molecule has 6 heteroatoms. The molecule has 1 rings (SSSR count). The quantitative estimate of drug-likeness (QED) is 0.746. The van der Waals surface area contributed by atoms with Gasteiger partial charge in [-0.2, -0.15) is 0 Å². The standard InChI is InChI=1S/C13H16BrNO3S/c1-9(2-7-13(17)18)8-15-12(16)6-4-10-3-5-11(14)19-10/h3-6,9H,2,7-8H2,1H3,(H,15,16)(H,17,18)/b6-4+. The van der Waals surface area contributed by atoms with Crippen molar-refractivity contribution in [3.63, 3.8) is 0 Å². The van der Waals surface area contributed by atoms with E-state index < -0.39 is 5.97 Å². The minimum atomic E-state index is -0.804. The van der Waals surface area contributed by atoms with Crippen molar-refractivity contribution in [3.8, 4) is 0 Å². The summed E-state index contributed by atoms with van der Waals surface area (Å²) >= 11 is 4.90. The van der Waals surface area contributed by atoms with Gasteiger partial charge < -0.3 is 10.4 Å². The summed E-state index contributed by atoms with van der Waals surface area (Å²) in [6.45, 7) is 2.41. The molecule has 0 saturated carbocycles. The van der Waals surface area contributed by atoms with Crippen LogP contribution < -0.4 is 5.32 Å². The molecule has 0 radical (unpaired) electrons. The number of halogens is 1. The first-order chi connectivity index (χ1) is 8.97. The highest BCUT2D eigenvalue weighted by molar-refractivity contribution is 9.11. The molecule has 4 nitrogen and oxygen atoms in total. The minimum Gasteiger partial charge on any atom is -0.481 e. The fraction of sp³-hybridized carbons (Fsp3) is 0.385. The monoisotopic (exact) mass is 345 g/mol. The molecular formula is C13H16BrNO3S. The van der Waals surface area contributed by atoms with Crippen molar-refractivity contribution in [2.75, 3.05) is 6.54 Å². The number of aliphatic carboxylic acids is 1. The Bertz CT molecular complexity index is 470. The van der Waals surface area contributed by atoms with Crippen molar-refractivity contribution in [1.29, 1.82) is 0 Å². The van der Waals surface area contributed by atoms with Gasteiger partial charge in [0.25, 0.3) is 0 Å². The predicted octanol–water partition coefficient (Wildman–Crippen LogP) is 3.14. The van der Waals surface area contributed by atoms with E-state index in [-0.39, 0.29) is 18.2 Å². The van der Waals surface area contributed by atoms with Crippen molar-refractivity contribution in [2.45, 2.75) is 19.8 Å². The molecule has 1 heterocycles. The Kier molecular flexibility index (Phi) is 6.80. The number of hydrogen-bond acceptors (Lipinski definition) is 3. The van der Waals surface area contributed by atoms with Crippen LogP contribution in [0.3, 0.4) is 0 Å². The smallest absolute Gasteiger partial charge is 0.303 e. The lowest BCUT2D eigenvalue weighted by Gasteiger charge is -2.09. The molecule has 2 N–H and O–H groups in total. The zero-order chi connectivity index (χ0) is 14.3. The number of hydrogen-bond donors (Lipinski definition) is 2. The van der Waals surface area contributed by atoms with E-state index in [1.165, 1.54) is 6.08 Å². The van der Waals surface area contributed by atoms with Crippen LogP contribution in [0.25, 0.3) is 6.08 Å². The van der Waals surface area contributed by atoms with Crippen molar-refractivity contribution < 1.29 is 14.7 Å². The third kappa shape index (κ3) is 7.12. The highest BCUT2D eigenvalue weighted by Crippen LogP contribution is 2.22. The number of carboxylic acids is 1. The van der Waals surface area contributed by atoms with E-state index in [1.54, 1.807) is 17.4 Å². The summed E-state index contributed by atoms with van der Waals surface area (Å²) in [6, 6.07) is 3.85. The minimum absolute atomic E-state index is 0.135. The highest BCUT2D eigenvalue weighted by atomic mass is 79.9. The number of rotatable bonds is 7. The van der Waals surface area contributed by atoms with Gasteiger partial charge in [-0.25, -0.2) is 0 Å². The van der Waals surface area contributed by atoms with E-state index in [0.717, 1.165) is 8.66 Å². The molecular weight excluding hydrogens is 330 g/mol. The molecule has 1 amide bonds. The van der Waals surface area contributed by atoms with Gasteiger partial charge in [0.2, 0.25) is 5.91 Å². The molecule has 0 fully saturated rings. The second-order valence-corrected chi connectivity index (χ2v) is 6.75. The average Bonchev–Trinajstić information content (AvgIpc) is 2.77. The van der Waals surface area contributed by atoms with E-state index in [4.69, 9.17) is 5.11 Å². The van der Waals surface area contributed by atoms with Crippen LogP contribution in [0.2, 0.25) is 0 Å². The summed E-state index contributed by atoms with van der Waals surface area (Å²) in [5.74, 6) is -0.808.